The van der Waals surface area contributed by atoms with Crippen LogP contribution < -0.4 is 5.84 Å². The molecule has 0 radical (unpaired) electrons. The zero-order valence-corrected chi connectivity index (χ0v) is 9.61. The van der Waals surface area contributed by atoms with Crippen LogP contribution in [0.25, 0.3) is 0 Å². The van der Waals surface area contributed by atoms with Crippen molar-refractivity contribution in [3.05, 3.63) is 71.8 Å². The highest BCUT2D eigenvalue weighted by molar-refractivity contribution is 6.09. The van der Waals surface area contributed by atoms with Crippen LogP contribution in [0.1, 0.15) is 20.7 Å². The first kappa shape index (κ1) is 12.0. The molecule has 0 saturated carbocycles. The van der Waals surface area contributed by atoms with E-state index in [9.17, 15) is 9.59 Å². The Labute approximate surface area is 105 Å². The van der Waals surface area contributed by atoms with Crippen LogP contribution in [0.4, 0.5) is 0 Å². The molecular weight excluding hydrogens is 228 g/mol. The van der Waals surface area contributed by atoms with Crippen LogP contribution in [0, 0.1) is 0 Å². The fourth-order valence-corrected chi connectivity index (χ4v) is 1.53. The monoisotopic (exact) mass is 240 g/mol. The number of hydrogen-bond donors (Lipinski definition) is 1. The number of amides is 2. The number of nitrogens with zero attached hydrogens (tertiary/aromatic N) is 1. The summed E-state index contributed by atoms with van der Waals surface area (Å²) in [5.74, 6) is 4.51. The molecule has 0 aliphatic carbocycles. The van der Waals surface area contributed by atoms with Gasteiger partial charge in [-0.2, -0.15) is 0 Å². The fourth-order valence-electron chi connectivity index (χ4n) is 1.53. The van der Waals surface area contributed by atoms with Gasteiger partial charge in [-0.25, -0.2) is 10.9 Å². The van der Waals surface area contributed by atoms with Crippen molar-refractivity contribution in [3.8, 4) is 0 Å². The minimum absolute atomic E-state index is 0.379. The first-order valence-corrected chi connectivity index (χ1v) is 5.44. The van der Waals surface area contributed by atoms with Gasteiger partial charge in [0.1, 0.15) is 0 Å². The molecule has 2 N–H and O–H groups in total. The minimum Gasteiger partial charge on any atom is -0.267 e. The highest BCUT2D eigenvalue weighted by Crippen LogP contribution is 2.06. The van der Waals surface area contributed by atoms with E-state index in [2.05, 4.69) is 0 Å². The van der Waals surface area contributed by atoms with E-state index in [1.54, 1.807) is 60.7 Å². The Bertz CT molecular complexity index is 501. The Morgan fingerprint density at radius 3 is 1.39 bits per heavy atom. The van der Waals surface area contributed by atoms with Crippen LogP contribution in [-0.4, -0.2) is 16.8 Å². The highest BCUT2D eigenvalue weighted by Gasteiger charge is 2.20. The number of hydrazine groups is 1. The molecule has 4 heteroatoms. The van der Waals surface area contributed by atoms with Crippen molar-refractivity contribution >= 4 is 11.8 Å². The summed E-state index contributed by atoms with van der Waals surface area (Å²) < 4.78 is 0. The molecule has 90 valence electrons. The maximum absolute atomic E-state index is 11.9. The maximum atomic E-state index is 11.9. The van der Waals surface area contributed by atoms with Crippen LogP contribution >= 0.6 is 0 Å². The summed E-state index contributed by atoms with van der Waals surface area (Å²) in [7, 11) is 0. The van der Waals surface area contributed by atoms with Gasteiger partial charge in [-0.05, 0) is 24.3 Å². The van der Waals surface area contributed by atoms with Crippen molar-refractivity contribution in [1.82, 2.24) is 5.01 Å². The second-order valence-electron chi connectivity index (χ2n) is 3.71. The summed E-state index contributed by atoms with van der Waals surface area (Å²) in [6.07, 6.45) is 0. The SMILES string of the molecule is NN(C(=O)c1ccccc1)C(=O)c1ccccc1. The normalized spacial score (nSPS) is 9.83. The van der Waals surface area contributed by atoms with Gasteiger partial charge in [0.15, 0.2) is 0 Å². The van der Waals surface area contributed by atoms with Crippen LogP contribution in [-0.2, 0) is 0 Å². The number of imide groups is 1. The third kappa shape index (κ3) is 2.44. The molecule has 4 nitrogen and oxygen atoms in total. The topological polar surface area (TPSA) is 63.4 Å². The Hall–Kier alpha value is -2.46. The molecule has 0 aliphatic heterocycles. The average molecular weight is 240 g/mol. The predicted octanol–water partition coefficient (Wildman–Crippen LogP) is 1.84. The fraction of sp³-hybridized carbons (Fsp3) is 0. The lowest BCUT2D eigenvalue weighted by Gasteiger charge is -2.14. The summed E-state index contributed by atoms with van der Waals surface area (Å²) in [5.41, 5.74) is 0.758. The third-order valence-corrected chi connectivity index (χ3v) is 2.48. The smallest absolute Gasteiger partial charge is 0.267 e. The number of nitrogens with two attached hydrogens (primary N) is 1. The van der Waals surface area contributed by atoms with E-state index in [0.717, 1.165) is 0 Å². The molecule has 0 spiro atoms. The van der Waals surface area contributed by atoms with Gasteiger partial charge < -0.3 is 0 Å². The Morgan fingerprint density at radius 1 is 0.722 bits per heavy atom. The molecule has 0 fully saturated rings. The largest absolute Gasteiger partial charge is 0.275 e. The molecule has 2 aromatic carbocycles. The van der Waals surface area contributed by atoms with E-state index in [1.807, 2.05) is 0 Å². The average Bonchev–Trinajstić information content (AvgIpc) is 2.47. The number of carbonyl (C=O) groups is 2. The maximum Gasteiger partial charge on any atom is 0.275 e. The molecule has 18 heavy (non-hydrogen) atoms. The lowest BCUT2D eigenvalue weighted by Crippen LogP contribution is -2.42. The van der Waals surface area contributed by atoms with Gasteiger partial charge in [-0.15, -0.1) is 0 Å². The highest BCUT2D eigenvalue weighted by atomic mass is 16.2. The van der Waals surface area contributed by atoms with Crippen molar-refractivity contribution in [2.75, 3.05) is 0 Å². The van der Waals surface area contributed by atoms with Crippen molar-refractivity contribution in [3.63, 3.8) is 0 Å². The summed E-state index contributed by atoms with van der Waals surface area (Å²) in [4.78, 5) is 23.9. The lowest BCUT2D eigenvalue weighted by atomic mass is 10.2. The van der Waals surface area contributed by atoms with E-state index < -0.39 is 11.8 Å². The van der Waals surface area contributed by atoms with Crippen LogP contribution in [0.15, 0.2) is 60.7 Å². The second-order valence-corrected chi connectivity index (χ2v) is 3.71. The molecule has 2 rings (SSSR count). The Morgan fingerprint density at radius 2 is 1.06 bits per heavy atom. The first-order valence-electron chi connectivity index (χ1n) is 5.44. The summed E-state index contributed by atoms with van der Waals surface area (Å²) >= 11 is 0. The van der Waals surface area contributed by atoms with Gasteiger partial charge in [0.05, 0.1) is 0 Å². The zero-order valence-electron chi connectivity index (χ0n) is 9.61. The molecule has 0 atom stereocenters. The van der Waals surface area contributed by atoms with Gasteiger partial charge in [-0.1, -0.05) is 36.4 Å². The van der Waals surface area contributed by atoms with Gasteiger partial charge in [0, 0.05) is 11.1 Å². The lowest BCUT2D eigenvalue weighted by molar-refractivity contribution is 0.0615. The van der Waals surface area contributed by atoms with E-state index in [4.69, 9.17) is 5.84 Å². The van der Waals surface area contributed by atoms with E-state index >= 15 is 0 Å². The van der Waals surface area contributed by atoms with E-state index in [1.165, 1.54) is 0 Å². The van der Waals surface area contributed by atoms with Crippen LogP contribution in [0.3, 0.4) is 0 Å². The summed E-state index contributed by atoms with van der Waals surface area (Å²) in [6, 6.07) is 16.9. The third-order valence-electron chi connectivity index (χ3n) is 2.48. The molecule has 0 aromatic heterocycles. The molecule has 0 aliphatic rings. The Balaban J connectivity index is 2.20. The first-order chi connectivity index (χ1) is 8.70. The van der Waals surface area contributed by atoms with E-state index in [-0.39, 0.29) is 0 Å². The van der Waals surface area contributed by atoms with Gasteiger partial charge in [0.2, 0.25) is 0 Å². The standard InChI is InChI=1S/C14H12N2O2/c15-16(13(17)11-7-3-1-4-8-11)14(18)12-9-5-2-6-10-12/h1-10H,15H2. The Kier molecular flexibility index (Phi) is 3.50. The number of carbonyl (C=O) groups excluding carboxylic acids is 2. The quantitative estimate of drug-likeness (QED) is 0.377. The van der Waals surface area contributed by atoms with Crippen molar-refractivity contribution in [1.29, 1.82) is 0 Å². The van der Waals surface area contributed by atoms with E-state index in [0.29, 0.717) is 16.1 Å². The zero-order chi connectivity index (χ0) is 13.0. The number of benzene rings is 2. The van der Waals surface area contributed by atoms with Crippen LogP contribution in [0.2, 0.25) is 0 Å². The van der Waals surface area contributed by atoms with Crippen LogP contribution in [0.5, 0.6) is 0 Å². The molecule has 2 aromatic rings. The van der Waals surface area contributed by atoms with Crippen molar-refractivity contribution < 1.29 is 9.59 Å². The minimum atomic E-state index is -0.524. The van der Waals surface area contributed by atoms with Crippen molar-refractivity contribution in [2.45, 2.75) is 0 Å². The molecular formula is C14H12N2O2. The number of rotatable bonds is 2. The molecule has 0 heterocycles. The molecule has 0 bridgehead atoms. The summed E-state index contributed by atoms with van der Waals surface area (Å²) in [5, 5.41) is 0.630. The predicted molar refractivity (Wildman–Crippen MR) is 67.6 cm³/mol. The molecule has 0 unspecified atom stereocenters. The van der Waals surface area contributed by atoms with Gasteiger partial charge in [0.25, 0.3) is 11.8 Å². The van der Waals surface area contributed by atoms with Gasteiger partial charge in [-0.3, -0.25) is 9.59 Å². The molecule has 2 amide bonds. The molecule has 0 saturated heterocycles. The van der Waals surface area contributed by atoms with Crippen molar-refractivity contribution in [2.24, 2.45) is 5.84 Å². The van der Waals surface area contributed by atoms with Gasteiger partial charge >= 0.3 is 0 Å². The summed E-state index contributed by atoms with van der Waals surface area (Å²) in [6.45, 7) is 0. The number of hydrogen-bond acceptors (Lipinski definition) is 3. The second kappa shape index (κ2) is 5.25.